The molecule has 1 aliphatic rings. The van der Waals surface area contributed by atoms with Crippen molar-refractivity contribution in [1.29, 1.82) is 0 Å². The largest absolute Gasteiger partial charge is 0.339 e. The molecule has 17 heavy (non-hydrogen) atoms. The van der Waals surface area contributed by atoms with Gasteiger partial charge in [0.05, 0.1) is 5.54 Å². The number of aromatic nitrogens is 2. The average molecular weight is 237 g/mol. The van der Waals surface area contributed by atoms with Crippen LogP contribution in [0.15, 0.2) is 4.52 Å². The predicted molar refractivity (Wildman–Crippen MR) is 66.4 cm³/mol. The van der Waals surface area contributed by atoms with Crippen LogP contribution in [0, 0.1) is 5.92 Å². The summed E-state index contributed by atoms with van der Waals surface area (Å²) in [6, 6.07) is 0. The first-order valence-electron chi connectivity index (χ1n) is 6.80. The molecule has 2 unspecified atom stereocenters. The van der Waals surface area contributed by atoms with Gasteiger partial charge in [0.25, 0.3) is 0 Å². The van der Waals surface area contributed by atoms with Crippen LogP contribution in [0.1, 0.15) is 64.1 Å². The highest BCUT2D eigenvalue weighted by Gasteiger charge is 2.34. The van der Waals surface area contributed by atoms with Crippen molar-refractivity contribution in [3.63, 3.8) is 0 Å². The van der Waals surface area contributed by atoms with Gasteiger partial charge in [-0.05, 0) is 25.2 Å². The van der Waals surface area contributed by atoms with Crippen LogP contribution in [0.2, 0.25) is 0 Å². The van der Waals surface area contributed by atoms with E-state index in [0.29, 0.717) is 11.7 Å². The van der Waals surface area contributed by atoms with Gasteiger partial charge in [0.15, 0.2) is 5.82 Å². The lowest BCUT2D eigenvalue weighted by Crippen LogP contribution is -2.37. The molecule has 0 bridgehead atoms. The molecule has 1 aromatic rings. The molecule has 1 fully saturated rings. The van der Waals surface area contributed by atoms with Gasteiger partial charge in [-0.3, -0.25) is 0 Å². The molecule has 0 aromatic carbocycles. The Balaban J connectivity index is 2.12. The van der Waals surface area contributed by atoms with Crippen molar-refractivity contribution >= 4 is 0 Å². The summed E-state index contributed by atoms with van der Waals surface area (Å²) >= 11 is 0. The van der Waals surface area contributed by atoms with Crippen molar-refractivity contribution in [2.75, 3.05) is 0 Å². The number of aryl methyl sites for hydroxylation is 1. The van der Waals surface area contributed by atoms with Gasteiger partial charge in [-0.2, -0.15) is 4.98 Å². The molecule has 1 saturated carbocycles. The summed E-state index contributed by atoms with van der Waals surface area (Å²) in [6.07, 6.45) is 7.63. The van der Waals surface area contributed by atoms with E-state index < -0.39 is 0 Å². The van der Waals surface area contributed by atoms with Gasteiger partial charge < -0.3 is 10.3 Å². The third-order valence-electron chi connectivity index (χ3n) is 4.03. The maximum Gasteiger partial charge on any atom is 0.226 e. The van der Waals surface area contributed by atoms with Crippen LogP contribution in [0.4, 0.5) is 0 Å². The first-order valence-corrected chi connectivity index (χ1v) is 6.80. The molecule has 1 heterocycles. The lowest BCUT2D eigenvalue weighted by Gasteiger charge is -2.23. The Bertz CT molecular complexity index is 363. The van der Waals surface area contributed by atoms with Crippen molar-refractivity contribution < 1.29 is 4.52 Å². The summed E-state index contributed by atoms with van der Waals surface area (Å²) < 4.78 is 5.19. The van der Waals surface area contributed by atoms with E-state index in [-0.39, 0.29) is 5.54 Å². The van der Waals surface area contributed by atoms with E-state index in [4.69, 9.17) is 10.3 Å². The molecule has 2 rings (SSSR count). The lowest BCUT2D eigenvalue weighted by atomic mass is 9.90. The van der Waals surface area contributed by atoms with Gasteiger partial charge in [-0.25, -0.2) is 0 Å². The van der Waals surface area contributed by atoms with Crippen LogP contribution in [0.3, 0.4) is 0 Å². The number of nitrogens with zero attached hydrogens (tertiary/aromatic N) is 2. The second-order valence-corrected chi connectivity index (χ2v) is 5.23. The van der Waals surface area contributed by atoms with Crippen molar-refractivity contribution in [3.8, 4) is 0 Å². The molecule has 4 heteroatoms. The third kappa shape index (κ3) is 2.68. The zero-order valence-corrected chi connectivity index (χ0v) is 10.9. The molecule has 0 saturated heterocycles. The number of hydrogen-bond acceptors (Lipinski definition) is 4. The first-order chi connectivity index (χ1) is 8.18. The Morgan fingerprint density at radius 3 is 2.82 bits per heavy atom. The molecule has 0 spiro atoms. The summed E-state index contributed by atoms with van der Waals surface area (Å²) in [5, 5.41) is 4.06. The summed E-state index contributed by atoms with van der Waals surface area (Å²) in [4.78, 5) is 4.41. The van der Waals surface area contributed by atoms with E-state index in [1.165, 1.54) is 25.7 Å². The van der Waals surface area contributed by atoms with Crippen molar-refractivity contribution in [2.45, 2.75) is 64.3 Å². The zero-order valence-electron chi connectivity index (χ0n) is 10.9. The van der Waals surface area contributed by atoms with E-state index in [9.17, 15) is 0 Å². The van der Waals surface area contributed by atoms with Crippen molar-refractivity contribution in [1.82, 2.24) is 10.1 Å². The second kappa shape index (κ2) is 5.17. The number of nitrogens with two attached hydrogens (primary N) is 1. The third-order valence-corrected chi connectivity index (χ3v) is 4.03. The van der Waals surface area contributed by atoms with Crippen molar-refractivity contribution in [3.05, 3.63) is 11.7 Å². The Labute approximate surface area is 103 Å². The minimum atomic E-state index is -0.360. The summed E-state index contributed by atoms with van der Waals surface area (Å²) in [7, 11) is 0. The van der Waals surface area contributed by atoms with Crippen molar-refractivity contribution in [2.24, 2.45) is 11.7 Å². The van der Waals surface area contributed by atoms with Gasteiger partial charge >= 0.3 is 0 Å². The fourth-order valence-corrected chi connectivity index (χ4v) is 2.67. The second-order valence-electron chi connectivity index (χ2n) is 5.23. The van der Waals surface area contributed by atoms with E-state index in [1.54, 1.807) is 0 Å². The van der Waals surface area contributed by atoms with Gasteiger partial charge in [0.2, 0.25) is 5.89 Å². The maximum absolute atomic E-state index is 6.48. The van der Waals surface area contributed by atoms with Crippen LogP contribution in [-0.4, -0.2) is 10.1 Å². The smallest absolute Gasteiger partial charge is 0.226 e. The molecule has 0 radical (unpaired) electrons. The molecular formula is C13H23N3O. The molecule has 4 nitrogen and oxygen atoms in total. The molecular weight excluding hydrogens is 214 g/mol. The van der Waals surface area contributed by atoms with Gasteiger partial charge in [0, 0.05) is 6.42 Å². The van der Waals surface area contributed by atoms with Gasteiger partial charge in [0.1, 0.15) is 0 Å². The molecule has 96 valence electrons. The van der Waals surface area contributed by atoms with E-state index in [1.807, 2.05) is 6.92 Å². The highest BCUT2D eigenvalue weighted by molar-refractivity contribution is 5.05. The molecule has 2 N–H and O–H groups in total. The molecule has 0 aliphatic heterocycles. The summed E-state index contributed by atoms with van der Waals surface area (Å²) in [5.41, 5.74) is 6.12. The highest BCUT2D eigenvalue weighted by Crippen LogP contribution is 2.35. The zero-order chi connectivity index (χ0) is 12.3. The summed E-state index contributed by atoms with van der Waals surface area (Å²) in [6.45, 7) is 4.28. The predicted octanol–water partition coefficient (Wildman–Crippen LogP) is 2.78. The Morgan fingerprint density at radius 1 is 1.35 bits per heavy atom. The molecule has 1 aromatic heterocycles. The fourth-order valence-electron chi connectivity index (χ4n) is 2.67. The number of rotatable bonds is 3. The van der Waals surface area contributed by atoms with Crippen LogP contribution >= 0.6 is 0 Å². The quantitative estimate of drug-likeness (QED) is 0.821. The Hall–Kier alpha value is -0.900. The van der Waals surface area contributed by atoms with Gasteiger partial charge in [-0.15, -0.1) is 0 Å². The summed E-state index contributed by atoms with van der Waals surface area (Å²) in [5.74, 6) is 2.23. The van der Waals surface area contributed by atoms with E-state index in [2.05, 4.69) is 17.1 Å². The molecule has 0 amide bonds. The fraction of sp³-hybridized carbons (Fsp3) is 0.846. The lowest BCUT2D eigenvalue weighted by molar-refractivity contribution is 0.320. The van der Waals surface area contributed by atoms with Crippen LogP contribution in [-0.2, 0) is 12.0 Å². The van der Waals surface area contributed by atoms with Crippen LogP contribution in [0.5, 0.6) is 0 Å². The number of hydrogen-bond donors (Lipinski definition) is 1. The Morgan fingerprint density at radius 2 is 2.18 bits per heavy atom. The molecule has 2 atom stereocenters. The van der Waals surface area contributed by atoms with Gasteiger partial charge in [-0.1, -0.05) is 38.3 Å². The standard InChI is InChI=1S/C13H23N3O/c1-3-10-6-5-8-13(14,9-7-10)12-15-11(4-2)17-16-12/h10H,3-9,14H2,1-2H3. The Kier molecular flexibility index (Phi) is 3.82. The molecule has 1 aliphatic carbocycles. The topological polar surface area (TPSA) is 64.9 Å². The van der Waals surface area contributed by atoms with Crippen LogP contribution < -0.4 is 5.73 Å². The minimum Gasteiger partial charge on any atom is -0.339 e. The monoisotopic (exact) mass is 237 g/mol. The highest BCUT2D eigenvalue weighted by atomic mass is 16.5. The van der Waals surface area contributed by atoms with E-state index >= 15 is 0 Å². The first kappa shape index (κ1) is 12.6. The normalized spacial score (nSPS) is 30.2. The SMILES string of the molecule is CCc1nc(C2(N)CCCC(CC)CC2)no1. The van der Waals surface area contributed by atoms with Crippen LogP contribution in [0.25, 0.3) is 0 Å². The van der Waals surface area contributed by atoms with E-state index in [0.717, 1.165) is 25.2 Å². The minimum absolute atomic E-state index is 0.360. The maximum atomic E-state index is 6.48. The average Bonchev–Trinajstić information content (AvgIpc) is 2.75.